The van der Waals surface area contributed by atoms with E-state index in [1.807, 2.05) is 24.3 Å². The van der Waals surface area contributed by atoms with Crippen LogP contribution in [0, 0.1) is 0 Å². The van der Waals surface area contributed by atoms with Crippen LogP contribution in [0.1, 0.15) is 18.3 Å². The number of hydrogen-bond acceptors (Lipinski definition) is 3. The minimum Gasteiger partial charge on any atom is -0.321 e. The van der Waals surface area contributed by atoms with Gasteiger partial charge in [0, 0.05) is 6.54 Å². The molecule has 3 rings (SSSR count). The Morgan fingerprint density at radius 2 is 2.20 bits per heavy atom. The summed E-state index contributed by atoms with van der Waals surface area (Å²) in [7, 11) is 0. The van der Waals surface area contributed by atoms with Crippen LogP contribution in [-0.4, -0.2) is 9.55 Å². The van der Waals surface area contributed by atoms with Gasteiger partial charge in [0.1, 0.15) is 5.82 Å². The van der Waals surface area contributed by atoms with E-state index < -0.39 is 0 Å². The maximum absolute atomic E-state index is 12.0. The lowest BCUT2D eigenvalue weighted by molar-refractivity contribution is 0.679. The van der Waals surface area contributed by atoms with Crippen molar-refractivity contribution in [2.75, 3.05) is 0 Å². The van der Waals surface area contributed by atoms with Gasteiger partial charge < -0.3 is 5.73 Å². The molecular formula is C11H11N3O. The van der Waals surface area contributed by atoms with Gasteiger partial charge in [-0.15, -0.1) is 0 Å². The standard InChI is InChI=1S/C11H11N3O/c12-8-5-6-14-10(8)13-9-4-2-1-3-7(9)11(14)15/h1-4,8H,5-6,12H2. The zero-order valence-electron chi connectivity index (χ0n) is 8.18. The molecule has 1 aliphatic heterocycles. The van der Waals surface area contributed by atoms with Gasteiger partial charge in [0.05, 0.1) is 16.9 Å². The lowest BCUT2D eigenvalue weighted by Gasteiger charge is -2.06. The largest absolute Gasteiger partial charge is 0.321 e. The predicted octanol–water partition coefficient (Wildman–Crippen LogP) is 0.800. The van der Waals surface area contributed by atoms with Crippen molar-refractivity contribution in [3.63, 3.8) is 0 Å². The summed E-state index contributed by atoms with van der Waals surface area (Å²) in [4.78, 5) is 16.5. The Hall–Kier alpha value is -1.68. The molecule has 1 aromatic carbocycles. The third-order valence-electron chi connectivity index (χ3n) is 2.89. The molecule has 15 heavy (non-hydrogen) atoms. The van der Waals surface area contributed by atoms with Gasteiger partial charge in [0.15, 0.2) is 0 Å². The normalized spacial score (nSPS) is 19.4. The van der Waals surface area contributed by atoms with Crippen LogP contribution >= 0.6 is 0 Å². The fraction of sp³-hybridized carbons (Fsp3) is 0.273. The predicted molar refractivity (Wildman–Crippen MR) is 57.5 cm³/mol. The van der Waals surface area contributed by atoms with E-state index in [1.165, 1.54) is 0 Å². The highest BCUT2D eigenvalue weighted by atomic mass is 16.1. The Labute approximate surface area is 86.4 Å². The van der Waals surface area contributed by atoms with Crippen molar-refractivity contribution >= 4 is 10.9 Å². The maximum atomic E-state index is 12.0. The number of rotatable bonds is 0. The summed E-state index contributed by atoms with van der Waals surface area (Å²) in [5.74, 6) is 0.721. The third-order valence-corrected chi connectivity index (χ3v) is 2.89. The second-order valence-electron chi connectivity index (χ2n) is 3.84. The highest BCUT2D eigenvalue weighted by molar-refractivity contribution is 5.77. The average Bonchev–Trinajstić information content (AvgIpc) is 2.62. The van der Waals surface area contributed by atoms with E-state index in [0.29, 0.717) is 11.9 Å². The van der Waals surface area contributed by atoms with Crippen LogP contribution in [0.5, 0.6) is 0 Å². The minimum atomic E-state index is -0.0951. The van der Waals surface area contributed by atoms with Crippen molar-refractivity contribution in [2.45, 2.75) is 19.0 Å². The van der Waals surface area contributed by atoms with Crippen LogP contribution in [-0.2, 0) is 6.54 Å². The van der Waals surface area contributed by atoms with Crippen LogP contribution in [0.25, 0.3) is 10.9 Å². The number of nitrogens with zero attached hydrogens (tertiary/aromatic N) is 2. The minimum absolute atomic E-state index is 0.0311. The summed E-state index contributed by atoms with van der Waals surface area (Å²) in [5, 5.41) is 0.676. The first-order valence-corrected chi connectivity index (χ1v) is 5.02. The molecule has 1 aromatic heterocycles. The molecule has 1 aliphatic rings. The van der Waals surface area contributed by atoms with Crippen molar-refractivity contribution in [1.82, 2.24) is 9.55 Å². The molecule has 0 saturated carbocycles. The molecule has 0 spiro atoms. The third kappa shape index (κ3) is 1.11. The summed E-state index contributed by atoms with van der Waals surface area (Å²) < 4.78 is 1.69. The molecule has 0 bridgehead atoms. The highest BCUT2D eigenvalue weighted by Gasteiger charge is 2.22. The summed E-state index contributed by atoms with van der Waals surface area (Å²) in [5.41, 5.74) is 6.66. The van der Waals surface area contributed by atoms with Gasteiger partial charge in [-0.2, -0.15) is 0 Å². The number of nitrogens with two attached hydrogens (primary N) is 1. The van der Waals surface area contributed by atoms with Crippen molar-refractivity contribution in [1.29, 1.82) is 0 Å². The molecule has 2 aromatic rings. The zero-order chi connectivity index (χ0) is 10.4. The van der Waals surface area contributed by atoms with E-state index >= 15 is 0 Å². The van der Waals surface area contributed by atoms with Crippen LogP contribution in [0.3, 0.4) is 0 Å². The Morgan fingerprint density at radius 3 is 3.07 bits per heavy atom. The molecule has 1 unspecified atom stereocenters. The number of hydrogen-bond donors (Lipinski definition) is 1. The topological polar surface area (TPSA) is 60.9 Å². The van der Waals surface area contributed by atoms with Crippen LogP contribution in [0.15, 0.2) is 29.1 Å². The van der Waals surface area contributed by atoms with E-state index in [0.717, 1.165) is 17.8 Å². The van der Waals surface area contributed by atoms with E-state index in [4.69, 9.17) is 5.73 Å². The average molecular weight is 201 g/mol. The van der Waals surface area contributed by atoms with E-state index in [1.54, 1.807) is 4.57 Å². The first-order chi connectivity index (χ1) is 7.27. The van der Waals surface area contributed by atoms with Gasteiger partial charge in [0.25, 0.3) is 5.56 Å². The van der Waals surface area contributed by atoms with Crippen molar-refractivity contribution in [3.05, 3.63) is 40.4 Å². The second-order valence-corrected chi connectivity index (χ2v) is 3.84. The first-order valence-electron chi connectivity index (χ1n) is 5.02. The lowest BCUT2D eigenvalue weighted by atomic mass is 10.2. The lowest BCUT2D eigenvalue weighted by Crippen LogP contribution is -2.22. The van der Waals surface area contributed by atoms with E-state index in [2.05, 4.69) is 4.98 Å². The molecule has 0 amide bonds. The number of fused-ring (bicyclic) bond motifs is 2. The number of para-hydroxylation sites is 1. The Balaban J connectivity index is 2.46. The smallest absolute Gasteiger partial charge is 0.261 e. The summed E-state index contributed by atoms with van der Waals surface area (Å²) in [6, 6.07) is 7.30. The summed E-state index contributed by atoms with van der Waals surface area (Å²) in [6.07, 6.45) is 0.804. The van der Waals surface area contributed by atoms with Gasteiger partial charge in [-0.05, 0) is 18.6 Å². The molecule has 76 valence electrons. The first kappa shape index (κ1) is 8.61. The molecule has 1 atom stereocenters. The molecule has 2 N–H and O–H groups in total. The Morgan fingerprint density at radius 1 is 1.40 bits per heavy atom. The van der Waals surface area contributed by atoms with Gasteiger partial charge in [-0.25, -0.2) is 4.98 Å². The van der Waals surface area contributed by atoms with E-state index in [9.17, 15) is 4.79 Å². The van der Waals surface area contributed by atoms with Crippen LogP contribution in [0.2, 0.25) is 0 Å². The summed E-state index contributed by atoms with van der Waals surface area (Å²) in [6.45, 7) is 0.688. The zero-order valence-corrected chi connectivity index (χ0v) is 8.18. The van der Waals surface area contributed by atoms with Crippen LogP contribution < -0.4 is 11.3 Å². The second kappa shape index (κ2) is 2.90. The fourth-order valence-corrected chi connectivity index (χ4v) is 2.08. The highest BCUT2D eigenvalue weighted by Crippen LogP contribution is 2.21. The molecule has 0 fully saturated rings. The Bertz CT molecular complexity index is 588. The van der Waals surface area contributed by atoms with Gasteiger partial charge in [-0.1, -0.05) is 12.1 Å². The SMILES string of the molecule is NC1CCn2c1nc1ccccc1c2=O. The monoisotopic (exact) mass is 201 g/mol. The number of benzene rings is 1. The van der Waals surface area contributed by atoms with Gasteiger partial charge in [-0.3, -0.25) is 9.36 Å². The maximum Gasteiger partial charge on any atom is 0.261 e. The molecular weight excluding hydrogens is 190 g/mol. The van der Waals surface area contributed by atoms with Crippen LogP contribution in [0.4, 0.5) is 0 Å². The number of aromatic nitrogens is 2. The Kier molecular flexibility index (Phi) is 1.67. The molecule has 2 heterocycles. The molecule has 0 aliphatic carbocycles. The van der Waals surface area contributed by atoms with Gasteiger partial charge in [0.2, 0.25) is 0 Å². The molecule has 0 saturated heterocycles. The molecule has 0 radical (unpaired) electrons. The quantitative estimate of drug-likeness (QED) is 0.685. The van der Waals surface area contributed by atoms with Crippen molar-refractivity contribution < 1.29 is 0 Å². The van der Waals surface area contributed by atoms with Crippen molar-refractivity contribution in [2.24, 2.45) is 5.73 Å². The van der Waals surface area contributed by atoms with Gasteiger partial charge >= 0.3 is 0 Å². The van der Waals surface area contributed by atoms with Crippen molar-refractivity contribution in [3.8, 4) is 0 Å². The van der Waals surface area contributed by atoms with E-state index in [-0.39, 0.29) is 11.6 Å². The molecule has 4 nitrogen and oxygen atoms in total. The summed E-state index contributed by atoms with van der Waals surface area (Å²) >= 11 is 0. The molecule has 4 heteroatoms. The fourth-order valence-electron chi connectivity index (χ4n) is 2.08.